The van der Waals surface area contributed by atoms with E-state index in [0.29, 0.717) is 0 Å². The maximum absolute atomic E-state index is 5.88. The molecule has 5 heteroatoms. The van der Waals surface area contributed by atoms with Crippen molar-refractivity contribution in [1.82, 2.24) is 0 Å². The van der Waals surface area contributed by atoms with Crippen LogP contribution in [0.15, 0.2) is 21.4 Å². The average molecular weight is 238 g/mol. The van der Waals surface area contributed by atoms with Crippen molar-refractivity contribution in [1.29, 1.82) is 0 Å². The van der Waals surface area contributed by atoms with E-state index >= 15 is 0 Å². The molecule has 0 spiro atoms. The lowest BCUT2D eigenvalue weighted by Gasteiger charge is -1.99. The minimum absolute atomic E-state index is 0.433. The topological polar surface area (TPSA) is 12.4 Å². The summed E-state index contributed by atoms with van der Waals surface area (Å²) in [5.41, 5.74) is 2.10. The zero-order chi connectivity index (χ0) is 8.72. The van der Waals surface area contributed by atoms with Crippen molar-refractivity contribution >= 4 is 47.7 Å². The monoisotopic (exact) mass is 237 g/mol. The molecule has 1 nitrogen and oxygen atoms in total. The van der Waals surface area contributed by atoms with Gasteiger partial charge in [-0.15, -0.1) is 0 Å². The molecule has 64 valence electrons. The lowest BCUT2D eigenvalue weighted by molar-refractivity contribution is 1.33. The maximum Gasteiger partial charge on any atom is 0.0901 e. The molecule has 2 rings (SSSR count). The van der Waals surface area contributed by atoms with Crippen LogP contribution in [0.3, 0.4) is 0 Å². The number of fused-ring (bicyclic) bond motifs is 1. The Balaban J connectivity index is 2.62. The van der Waals surface area contributed by atoms with Gasteiger partial charge in [-0.3, -0.25) is 0 Å². The van der Waals surface area contributed by atoms with Gasteiger partial charge in [-0.05, 0) is 46.1 Å². The van der Waals surface area contributed by atoms with E-state index in [1.807, 2.05) is 19.1 Å². The highest BCUT2D eigenvalue weighted by atomic mass is 35.7. The second-order valence-corrected chi connectivity index (χ2v) is 6.96. The van der Waals surface area contributed by atoms with Gasteiger partial charge in [0.05, 0.1) is 14.6 Å². The molecule has 1 aromatic rings. The highest BCUT2D eigenvalue weighted by molar-refractivity contribution is 8.78. The van der Waals surface area contributed by atoms with Crippen LogP contribution in [0.25, 0.3) is 0 Å². The Labute approximate surface area is 86.5 Å². The molecule has 0 aliphatic carbocycles. The summed E-state index contributed by atoms with van der Waals surface area (Å²) in [6.07, 6.45) is 0. The number of hydrogen-bond donors (Lipinski definition) is 0. The Morgan fingerprint density at radius 1 is 1.50 bits per heavy atom. The molecule has 0 radical (unpaired) electrons. The second-order valence-electron chi connectivity index (χ2n) is 2.45. The summed E-state index contributed by atoms with van der Waals surface area (Å²) in [5, 5.41) is 0.754. The minimum atomic E-state index is -0.433. The average Bonchev–Trinajstić information content (AvgIpc) is 2.29. The van der Waals surface area contributed by atoms with Crippen molar-refractivity contribution in [3.05, 3.63) is 22.7 Å². The fraction of sp³-hybridized carbons (Fsp3) is 0.143. The molecular formula is C7H5Cl2NS2. The minimum Gasteiger partial charge on any atom is -0.200 e. The van der Waals surface area contributed by atoms with Gasteiger partial charge in [0.1, 0.15) is 0 Å². The molecule has 0 bridgehead atoms. The molecule has 1 aromatic carbocycles. The van der Waals surface area contributed by atoms with Gasteiger partial charge in [0.15, 0.2) is 0 Å². The van der Waals surface area contributed by atoms with Crippen LogP contribution in [-0.2, 0) is 8.94 Å². The summed E-state index contributed by atoms with van der Waals surface area (Å²) in [5.74, 6) is 0. The van der Waals surface area contributed by atoms with E-state index in [1.54, 1.807) is 10.8 Å². The first-order valence-electron chi connectivity index (χ1n) is 3.27. The van der Waals surface area contributed by atoms with E-state index < -0.39 is 8.94 Å². The van der Waals surface area contributed by atoms with Crippen LogP contribution < -0.4 is 0 Å². The summed E-state index contributed by atoms with van der Waals surface area (Å²) in [6.45, 7) is 1.99. The van der Waals surface area contributed by atoms with E-state index in [1.165, 1.54) is 0 Å². The molecule has 1 heterocycles. The van der Waals surface area contributed by atoms with Crippen molar-refractivity contribution < 1.29 is 0 Å². The highest BCUT2D eigenvalue weighted by Gasteiger charge is 2.15. The summed E-state index contributed by atoms with van der Waals surface area (Å²) in [6, 6.07) is 3.82. The third-order valence-corrected chi connectivity index (χ3v) is 4.67. The number of benzene rings is 1. The van der Waals surface area contributed by atoms with Crippen molar-refractivity contribution in [2.24, 2.45) is 4.36 Å². The van der Waals surface area contributed by atoms with Gasteiger partial charge in [0.25, 0.3) is 0 Å². The van der Waals surface area contributed by atoms with Gasteiger partial charge in [-0.25, -0.2) is 4.36 Å². The third-order valence-electron chi connectivity index (χ3n) is 1.55. The molecule has 1 aliphatic rings. The van der Waals surface area contributed by atoms with Gasteiger partial charge in [0.2, 0.25) is 0 Å². The quantitative estimate of drug-likeness (QED) is 0.615. The Bertz CT molecular complexity index is 376. The fourth-order valence-electron chi connectivity index (χ4n) is 1.05. The normalized spacial score (nSPS) is 20.4. The zero-order valence-corrected chi connectivity index (χ0v) is 9.32. The molecule has 12 heavy (non-hydrogen) atoms. The predicted octanol–water partition coefficient (Wildman–Crippen LogP) is 4.26. The van der Waals surface area contributed by atoms with Crippen molar-refractivity contribution in [3.8, 4) is 0 Å². The van der Waals surface area contributed by atoms with Crippen LogP contribution in [0.4, 0.5) is 5.69 Å². The molecule has 0 N–H and O–H groups in total. The number of aryl methyl sites for hydroxylation is 1. The third kappa shape index (κ3) is 1.51. The Morgan fingerprint density at radius 2 is 2.25 bits per heavy atom. The molecule has 0 saturated heterocycles. The van der Waals surface area contributed by atoms with Gasteiger partial charge in [-0.1, -0.05) is 11.6 Å². The smallest absolute Gasteiger partial charge is 0.0901 e. The number of halogens is 2. The highest BCUT2D eigenvalue weighted by Crippen LogP contribution is 2.45. The van der Waals surface area contributed by atoms with E-state index in [-0.39, 0.29) is 0 Å². The van der Waals surface area contributed by atoms with Gasteiger partial charge >= 0.3 is 0 Å². The van der Waals surface area contributed by atoms with Crippen LogP contribution in [0, 0.1) is 6.92 Å². The molecular weight excluding hydrogens is 233 g/mol. The van der Waals surface area contributed by atoms with E-state index in [4.69, 9.17) is 22.3 Å². The fourth-order valence-corrected chi connectivity index (χ4v) is 4.46. The molecule has 0 amide bonds. The van der Waals surface area contributed by atoms with E-state index in [0.717, 1.165) is 21.2 Å². The molecule has 1 aliphatic heterocycles. The van der Waals surface area contributed by atoms with Crippen molar-refractivity contribution in [2.45, 2.75) is 11.8 Å². The van der Waals surface area contributed by atoms with Gasteiger partial charge < -0.3 is 0 Å². The second kappa shape index (κ2) is 3.22. The van der Waals surface area contributed by atoms with Gasteiger partial charge in [-0.2, -0.15) is 0 Å². The zero-order valence-electron chi connectivity index (χ0n) is 6.17. The summed E-state index contributed by atoms with van der Waals surface area (Å²) in [7, 11) is 7.01. The van der Waals surface area contributed by atoms with Crippen LogP contribution in [0.5, 0.6) is 0 Å². The first-order chi connectivity index (χ1) is 5.66. The Kier molecular flexibility index (Phi) is 2.38. The van der Waals surface area contributed by atoms with Crippen LogP contribution in [0.1, 0.15) is 5.56 Å². The van der Waals surface area contributed by atoms with E-state index in [9.17, 15) is 0 Å². The van der Waals surface area contributed by atoms with E-state index in [2.05, 4.69) is 4.36 Å². The Hall–Kier alpha value is 0.300. The molecule has 1 atom stereocenters. The molecule has 1 unspecified atom stereocenters. The summed E-state index contributed by atoms with van der Waals surface area (Å²) < 4.78 is 4.29. The number of hydrogen-bond acceptors (Lipinski definition) is 2. The van der Waals surface area contributed by atoms with Crippen molar-refractivity contribution in [3.63, 3.8) is 0 Å². The first kappa shape index (κ1) is 8.88. The summed E-state index contributed by atoms with van der Waals surface area (Å²) in [4.78, 5) is 1.10. The molecule has 0 aromatic heterocycles. The van der Waals surface area contributed by atoms with Crippen LogP contribution >= 0.6 is 33.1 Å². The SMILES string of the molecule is Cc1cc(Cl)cc2c1N=S(Cl)S2. The van der Waals surface area contributed by atoms with Crippen LogP contribution in [-0.4, -0.2) is 0 Å². The number of rotatable bonds is 0. The first-order valence-corrected chi connectivity index (χ1v) is 6.99. The molecule has 0 saturated carbocycles. The lowest BCUT2D eigenvalue weighted by Crippen LogP contribution is -1.74. The molecule has 0 fully saturated rings. The lowest BCUT2D eigenvalue weighted by atomic mass is 10.2. The number of nitrogens with zero attached hydrogens (tertiary/aromatic N) is 1. The maximum atomic E-state index is 5.88. The van der Waals surface area contributed by atoms with Gasteiger partial charge in [0, 0.05) is 9.92 Å². The van der Waals surface area contributed by atoms with Crippen molar-refractivity contribution in [2.75, 3.05) is 0 Å². The Morgan fingerprint density at radius 3 is 3.00 bits per heavy atom. The summed E-state index contributed by atoms with van der Waals surface area (Å²) >= 11 is 5.88. The largest absolute Gasteiger partial charge is 0.200 e. The predicted molar refractivity (Wildman–Crippen MR) is 57.4 cm³/mol. The standard InChI is InChI=1S/C7H5Cl2NS2/c1-4-2-5(8)3-6-7(4)10-12(9)11-6/h2-3H,1H3. The van der Waals surface area contributed by atoms with Crippen LogP contribution in [0.2, 0.25) is 5.02 Å².